The van der Waals surface area contributed by atoms with Crippen LogP contribution in [0.4, 0.5) is 0 Å². The topological polar surface area (TPSA) is 57.6 Å². The lowest BCUT2D eigenvalue weighted by atomic mass is 9.70. The van der Waals surface area contributed by atoms with Crippen LogP contribution in [0.1, 0.15) is 38.2 Å². The minimum Gasteiger partial charge on any atom is -0.481 e. The fourth-order valence-electron chi connectivity index (χ4n) is 3.84. The summed E-state index contributed by atoms with van der Waals surface area (Å²) in [6, 6.07) is 9.86. The van der Waals surface area contributed by atoms with Crippen molar-refractivity contribution in [3.05, 3.63) is 47.7 Å². The predicted octanol–water partition coefficient (Wildman–Crippen LogP) is 3.19. The number of nitrogens with zero attached hydrogens (tertiary/aromatic N) is 1. The van der Waals surface area contributed by atoms with Crippen molar-refractivity contribution in [2.45, 2.75) is 39.2 Å². The zero-order chi connectivity index (χ0) is 15.7. The lowest BCUT2D eigenvalue weighted by molar-refractivity contribution is -0.143. The number of likely N-dealkylation sites (tertiary alicyclic amines) is 1. The van der Waals surface area contributed by atoms with E-state index in [2.05, 4.69) is 13.0 Å². The molecule has 4 heteroatoms. The standard InChI is InChI=1S/C18H21NO3/c1-18-10-6-5-9-15(18)19(12-13-7-3-2-4-8-13)17(22)14(18)11-16(20)21/h2-4,7-9,14H,5-6,10-12H2,1H3,(H,20,21)/t14-,18+/m0/s1. The van der Waals surface area contributed by atoms with Crippen LogP contribution in [-0.2, 0) is 16.1 Å². The van der Waals surface area contributed by atoms with Gasteiger partial charge in [0.2, 0.25) is 5.91 Å². The van der Waals surface area contributed by atoms with Crippen molar-refractivity contribution in [3.63, 3.8) is 0 Å². The van der Waals surface area contributed by atoms with Crippen LogP contribution in [0.25, 0.3) is 0 Å². The van der Waals surface area contributed by atoms with Gasteiger partial charge in [-0.25, -0.2) is 0 Å². The van der Waals surface area contributed by atoms with E-state index >= 15 is 0 Å². The Morgan fingerprint density at radius 2 is 2.09 bits per heavy atom. The molecular formula is C18H21NO3. The highest BCUT2D eigenvalue weighted by Gasteiger charge is 2.53. The Labute approximate surface area is 130 Å². The van der Waals surface area contributed by atoms with Crippen molar-refractivity contribution in [2.24, 2.45) is 11.3 Å². The average molecular weight is 299 g/mol. The zero-order valence-electron chi connectivity index (χ0n) is 12.8. The molecule has 2 aliphatic rings. The van der Waals surface area contributed by atoms with E-state index < -0.39 is 11.9 Å². The maximum absolute atomic E-state index is 12.8. The van der Waals surface area contributed by atoms with Crippen molar-refractivity contribution in [1.29, 1.82) is 0 Å². The molecule has 4 nitrogen and oxygen atoms in total. The molecule has 0 radical (unpaired) electrons. The second-order valence-corrected chi connectivity index (χ2v) is 6.46. The third-order valence-corrected chi connectivity index (χ3v) is 5.01. The van der Waals surface area contributed by atoms with Crippen LogP contribution in [0, 0.1) is 11.3 Å². The van der Waals surface area contributed by atoms with Gasteiger partial charge >= 0.3 is 5.97 Å². The summed E-state index contributed by atoms with van der Waals surface area (Å²) in [4.78, 5) is 25.8. The number of hydrogen-bond acceptors (Lipinski definition) is 2. The number of benzene rings is 1. The monoisotopic (exact) mass is 299 g/mol. The van der Waals surface area contributed by atoms with E-state index in [0.29, 0.717) is 6.54 Å². The fourth-order valence-corrected chi connectivity index (χ4v) is 3.84. The van der Waals surface area contributed by atoms with Gasteiger partial charge in [-0.05, 0) is 24.8 Å². The molecule has 116 valence electrons. The van der Waals surface area contributed by atoms with E-state index in [1.165, 1.54) is 0 Å². The minimum atomic E-state index is -0.897. The summed E-state index contributed by atoms with van der Waals surface area (Å²) < 4.78 is 0. The third-order valence-electron chi connectivity index (χ3n) is 5.01. The van der Waals surface area contributed by atoms with E-state index in [0.717, 1.165) is 30.5 Å². The van der Waals surface area contributed by atoms with Crippen LogP contribution in [-0.4, -0.2) is 21.9 Å². The van der Waals surface area contributed by atoms with Crippen molar-refractivity contribution >= 4 is 11.9 Å². The SMILES string of the molecule is C[C@]12CCCC=C1N(Cc1ccccc1)C(=O)[C@@H]2CC(=O)O. The number of amides is 1. The largest absolute Gasteiger partial charge is 0.481 e. The average Bonchev–Trinajstić information content (AvgIpc) is 2.70. The summed E-state index contributed by atoms with van der Waals surface area (Å²) >= 11 is 0. The summed E-state index contributed by atoms with van der Waals surface area (Å²) in [5, 5.41) is 9.18. The molecule has 1 aromatic carbocycles. The zero-order valence-corrected chi connectivity index (χ0v) is 12.8. The first-order chi connectivity index (χ1) is 10.5. The van der Waals surface area contributed by atoms with E-state index in [1.54, 1.807) is 0 Å². The van der Waals surface area contributed by atoms with Crippen LogP contribution in [0.5, 0.6) is 0 Å². The van der Waals surface area contributed by atoms with E-state index in [9.17, 15) is 14.7 Å². The van der Waals surface area contributed by atoms with E-state index in [-0.39, 0.29) is 17.7 Å². The van der Waals surface area contributed by atoms with Gasteiger partial charge in [0.05, 0.1) is 18.9 Å². The second-order valence-electron chi connectivity index (χ2n) is 6.46. The van der Waals surface area contributed by atoms with Gasteiger partial charge in [0.25, 0.3) is 0 Å². The van der Waals surface area contributed by atoms with Crippen molar-refractivity contribution in [3.8, 4) is 0 Å². The Kier molecular flexibility index (Phi) is 3.77. The van der Waals surface area contributed by atoms with Gasteiger partial charge in [-0.2, -0.15) is 0 Å². The smallest absolute Gasteiger partial charge is 0.304 e. The molecule has 1 amide bonds. The molecule has 1 aliphatic carbocycles. The Morgan fingerprint density at radius 3 is 2.77 bits per heavy atom. The number of hydrogen-bond donors (Lipinski definition) is 1. The van der Waals surface area contributed by atoms with E-state index in [4.69, 9.17) is 0 Å². The molecule has 0 aromatic heterocycles. The van der Waals surface area contributed by atoms with Gasteiger partial charge in [0.15, 0.2) is 0 Å². The van der Waals surface area contributed by atoms with Crippen molar-refractivity contribution < 1.29 is 14.7 Å². The summed E-state index contributed by atoms with van der Waals surface area (Å²) in [6.07, 6.45) is 4.91. The highest BCUT2D eigenvalue weighted by Crippen LogP contribution is 2.52. The lowest BCUT2D eigenvalue weighted by Crippen LogP contribution is -2.30. The molecule has 3 rings (SSSR count). The van der Waals surface area contributed by atoms with Gasteiger partial charge in [-0.3, -0.25) is 9.59 Å². The number of carboxylic acids is 1. The maximum Gasteiger partial charge on any atom is 0.304 e. The second kappa shape index (κ2) is 5.59. The Hall–Kier alpha value is -2.10. The number of rotatable bonds is 4. The van der Waals surface area contributed by atoms with E-state index in [1.807, 2.05) is 35.2 Å². The van der Waals surface area contributed by atoms with Crippen molar-refractivity contribution in [2.75, 3.05) is 0 Å². The lowest BCUT2D eigenvalue weighted by Gasteiger charge is -2.34. The highest BCUT2D eigenvalue weighted by molar-refractivity contribution is 5.89. The van der Waals surface area contributed by atoms with Gasteiger partial charge in [-0.15, -0.1) is 0 Å². The van der Waals surface area contributed by atoms with Gasteiger partial charge in [0, 0.05) is 11.1 Å². The molecule has 1 aliphatic heterocycles. The normalized spacial score (nSPS) is 27.5. The summed E-state index contributed by atoms with van der Waals surface area (Å²) in [5.41, 5.74) is 1.77. The van der Waals surface area contributed by atoms with Crippen molar-refractivity contribution in [1.82, 2.24) is 4.90 Å². The highest BCUT2D eigenvalue weighted by atomic mass is 16.4. The predicted molar refractivity (Wildman–Crippen MR) is 82.8 cm³/mol. The summed E-state index contributed by atoms with van der Waals surface area (Å²) in [7, 11) is 0. The van der Waals surface area contributed by atoms with Crippen LogP contribution >= 0.6 is 0 Å². The molecule has 1 N–H and O–H groups in total. The number of allylic oxidation sites excluding steroid dienone is 2. The van der Waals surface area contributed by atoms with Gasteiger partial charge in [-0.1, -0.05) is 43.3 Å². The van der Waals surface area contributed by atoms with Crippen LogP contribution in [0.15, 0.2) is 42.1 Å². The molecule has 1 heterocycles. The summed E-state index contributed by atoms with van der Waals surface area (Å²) in [6.45, 7) is 2.58. The number of carbonyl (C=O) groups is 2. The third kappa shape index (κ3) is 2.43. The minimum absolute atomic E-state index is 0.0399. The first-order valence-corrected chi connectivity index (χ1v) is 7.80. The Bertz CT molecular complexity index is 622. The number of carboxylic acid groups (broad SMARTS) is 1. The molecule has 0 saturated carbocycles. The fraction of sp³-hybridized carbons (Fsp3) is 0.444. The molecule has 2 atom stereocenters. The molecule has 0 spiro atoms. The maximum atomic E-state index is 12.8. The molecule has 22 heavy (non-hydrogen) atoms. The number of carbonyl (C=O) groups excluding carboxylic acids is 1. The molecule has 0 unspecified atom stereocenters. The number of aliphatic carboxylic acids is 1. The Balaban J connectivity index is 1.94. The molecule has 1 fully saturated rings. The van der Waals surface area contributed by atoms with Gasteiger partial charge in [0.1, 0.15) is 0 Å². The molecular weight excluding hydrogens is 278 g/mol. The molecule has 1 saturated heterocycles. The Morgan fingerprint density at radius 1 is 1.36 bits per heavy atom. The first kappa shape index (κ1) is 14.8. The molecule has 0 bridgehead atoms. The summed E-state index contributed by atoms with van der Waals surface area (Å²) in [5.74, 6) is -1.38. The van der Waals surface area contributed by atoms with Crippen LogP contribution < -0.4 is 0 Å². The van der Waals surface area contributed by atoms with Crippen LogP contribution in [0.2, 0.25) is 0 Å². The first-order valence-electron chi connectivity index (χ1n) is 7.80. The quantitative estimate of drug-likeness (QED) is 0.929. The molecule has 1 aromatic rings. The van der Waals surface area contributed by atoms with Crippen LogP contribution in [0.3, 0.4) is 0 Å². The number of fused-ring (bicyclic) bond motifs is 1. The van der Waals surface area contributed by atoms with Gasteiger partial charge < -0.3 is 10.0 Å².